The van der Waals surface area contributed by atoms with E-state index in [0.29, 0.717) is 6.04 Å². The molecule has 0 bridgehead atoms. The van der Waals surface area contributed by atoms with Gasteiger partial charge in [0.05, 0.1) is 0 Å². The van der Waals surface area contributed by atoms with Crippen LogP contribution in [0.1, 0.15) is 39.5 Å². The van der Waals surface area contributed by atoms with E-state index in [-0.39, 0.29) is 0 Å². The molecule has 0 saturated carbocycles. The first kappa shape index (κ1) is 13.1. The summed E-state index contributed by atoms with van der Waals surface area (Å²) in [5.74, 6) is 3.65. The molecule has 1 nitrogen and oxygen atoms in total. The van der Waals surface area contributed by atoms with Crippen LogP contribution in [0.25, 0.3) is 0 Å². The van der Waals surface area contributed by atoms with Crippen LogP contribution in [0.3, 0.4) is 0 Å². The summed E-state index contributed by atoms with van der Waals surface area (Å²) >= 11 is 2.11. The highest BCUT2D eigenvalue weighted by Crippen LogP contribution is 2.27. The molecule has 88 valence electrons. The summed E-state index contributed by atoms with van der Waals surface area (Å²) in [6, 6.07) is 0.554. The molecule has 1 unspecified atom stereocenters. The summed E-state index contributed by atoms with van der Waals surface area (Å²) in [5, 5.41) is 3.61. The zero-order valence-electron chi connectivity index (χ0n) is 10.2. The molecular formula is C13H25NS. The van der Waals surface area contributed by atoms with Gasteiger partial charge in [0, 0.05) is 6.04 Å². The smallest absolute Gasteiger partial charge is 0.0276 e. The molecule has 0 aromatic rings. The van der Waals surface area contributed by atoms with E-state index in [1.165, 1.54) is 42.8 Å². The van der Waals surface area contributed by atoms with E-state index >= 15 is 0 Å². The molecule has 2 heteroatoms. The van der Waals surface area contributed by atoms with E-state index in [2.05, 4.69) is 37.5 Å². The summed E-state index contributed by atoms with van der Waals surface area (Å²) in [6.07, 6.45) is 5.32. The van der Waals surface area contributed by atoms with Crippen LogP contribution in [0.4, 0.5) is 0 Å². The van der Waals surface area contributed by atoms with Crippen molar-refractivity contribution in [3.8, 4) is 0 Å². The van der Waals surface area contributed by atoms with Gasteiger partial charge < -0.3 is 5.32 Å². The van der Waals surface area contributed by atoms with Crippen molar-refractivity contribution < 1.29 is 0 Å². The van der Waals surface area contributed by atoms with Crippen molar-refractivity contribution in [1.82, 2.24) is 5.32 Å². The Kier molecular flexibility index (Phi) is 6.42. The fourth-order valence-corrected chi connectivity index (χ4v) is 3.30. The van der Waals surface area contributed by atoms with E-state index in [4.69, 9.17) is 0 Å². The SMILES string of the molecule is C=C(C)C(CC1CCSCC1)NCCC. The molecular weight excluding hydrogens is 202 g/mol. The molecule has 15 heavy (non-hydrogen) atoms. The summed E-state index contributed by atoms with van der Waals surface area (Å²) in [7, 11) is 0. The molecule has 1 aliphatic rings. The molecule has 0 radical (unpaired) electrons. The first-order valence-electron chi connectivity index (χ1n) is 6.20. The highest BCUT2D eigenvalue weighted by molar-refractivity contribution is 7.99. The number of nitrogens with one attached hydrogen (secondary N) is 1. The van der Waals surface area contributed by atoms with E-state index in [1.807, 2.05) is 0 Å². The molecule has 0 aromatic carbocycles. The third-order valence-electron chi connectivity index (χ3n) is 3.15. The van der Waals surface area contributed by atoms with Crippen molar-refractivity contribution in [2.75, 3.05) is 18.1 Å². The third-order valence-corrected chi connectivity index (χ3v) is 4.19. The summed E-state index contributed by atoms with van der Waals surface area (Å²) < 4.78 is 0. The lowest BCUT2D eigenvalue weighted by molar-refractivity contribution is 0.390. The number of rotatable bonds is 6. The second-order valence-electron chi connectivity index (χ2n) is 4.64. The van der Waals surface area contributed by atoms with Crippen molar-refractivity contribution in [3.05, 3.63) is 12.2 Å². The molecule has 0 spiro atoms. The zero-order valence-corrected chi connectivity index (χ0v) is 11.0. The lowest BCUT2D eigenvalue weighted by Gasteiger charge is -2.27. The Morgan fingerprint density at radius 1 is 1.47 bits per heavy atom. The van der Waals surface area contributed by atoms with Gasteiger partial charge in [-0.1, -0.05) is 19.1 Å². The minimum atomic E-state index is 0.554. The Bertz CT molecular complexity index is 185. The Morgan fingerprint density at radius 3 is 2.67 bits per heavy atom. The van der Waals surface area contributed by atoms with Gasteiger partial charge in [0.15, 0.2) is 0 Å². The van der Waals surface area contributed by atoms with Gasteiger partial charge in [-0.2, -0.15) is 11.8 Å². The van der Waals surface area contributed by atoms with E-state index in [1.54, 1.807) is 0 Å². The number of hydrogen-bond donors (Lipinski definition) is 1. The molecule has 1 fully saturated rings. The average Bonchev–Trinajstić information content (AvgIpc) is 2.25. The maximum Gasteiger partial charge on any atom is 0.0276 e. The molecule has 1 atom stereocenters. The molecule has 0 aliphatic carbocycles. The quantitative estimate of drug-likeness (QED) is 0.697. The lowest BCUT2D eigenvalue weighted by atomic mass is 9.91. The number of thioether (sulfide) groups is 1. The van der Waals surface area contributed by atoms with Gasteiger partial charge in [0.25, 0.3) is 0 Å². The van der Waals surface area contributed by atoms with Gasteiger partial charge in [-0.25, -0.2) is 0 Å². The van der Waals surface area contributed by atoms with E-state index in [9.17, 15) is 0 Å². The van der Waals surface area contributed by atoms with Crippen molar-refractivity contribution in [2.24, 2.45) is 5.92 Å². The van der Waals surface area contributed by atoms with Crippen LogP contribution in [0, 0.1) is 5.92 Å². The molecule has 1 rings (SSSR count). The monoisotopic (exact) mass is 227 g/mol. The van der Waals surface area contributed by atoms with Gasteiger partial charge in [0.2, 0.25) is 0 Å². The topological polar surface area (TPSA) is 12.0 Å². The first-order chi connectivity index (χ1) is 7.24. The molecule has 1 saturated heterocycles. The standard InChI is InChI=1S/C13H25NS/c1-4-7-14-13(11(2)3)10-12-5-8-15-9-6-12/h12-14H,2,4-10H2,1,3H3. The molecule has 0 aromatic heterocycles. The van der Waals surface area contributed by atoms with Crippen LogP contribution in [0.2, 0.25) is 0 Å². The van der Waals surface area contributed by atoms with Crippen molar-refractivity contribution in [2.45, 2.75) is 45.6 Å². The van der Waals surface area contributed by atoms with Crippen LogP contribution >= 0.6 is 11.8 Å². The van der Waals surface area contributed by atoms with E-state index in [0.717, 1.165) is 12.5 Å². The largest absolute Gasteiger partial charge is 0.310 e. The van der Waals surface area contributed by atoms with Gasteiger partial charge in [-0.05, 0) is 56.6 Å². The Balaban J connectivity index is 2.31. The fourth-order valence-electron chi connectivity index (χ4n) is 2.09. The average molecular weight is 227 g/mol. The molecule has 1 N–H and O–H groups in total. The fraction of sp³-hybridized carbons (Fsp3) is 0.846. The third kappa shape index (κ3) is 5.07. The molecule has 1 aliphatic heterocycles. The summed E-state index contributed by atoms with van der Waals surface area (Å²) in [5.41, 5.74) is 1.31. The van der Waals surface area contributed by atoms with Crippen molar-refractivity contribution in [1.29, 1.82) is 0 Å². The second kappa shape index (κ2) is 7.34. The zero-order chi connectivity index (χ0) is 11.1. The summed E-state index contributed by atoms with van der Waals surface area (Å²) in [6.45, 7) is 9.61. The van der Waals surface area contributed by atoms with Crippen LogP contribution < -0.4 is 5.32 Å². The normalized spacial score (nSPS) is 20.1. The molecule has 0 amide bonds. The predicted octanol–water partition coefficient (Wildman–Crippen LogP) is 3.46. The first-order valence-corrected chi connectivity index (χ1v) is 7.36. The summed E-state index contributed by atoms with van der Waals surface area (Å²) in [4.78, 5) is 0. The maximum atomic E-state index is 4.11. The highest BCUT2D eigenvalue weighted by Gasteiger charge is 2.18. The minimum absolute atomic E-state index is 0.554. The van der Waals surface area contributed by atoms with E-state index < -0.39 is 0 Å². The van der Waals surface area contributed by atoms with Crippen molar-refractivity contribution >= 4 is 11.8 Å². The Labute approximate surface area is 99.1 Å². The Morgan fingerprint density at radius 2 is 2.13 bits per heavy atom. The van der Waals surface area contributed by atoms with Crippen LogP contribution in [0.5, 0.6) is 0 Å². The van der Waals surface area contributed by atoms with Gasteiger partial charge in [0.1, 0.15) is 0 Å². The van der Waals surface area contributed by atoms with Gasteiger partial charge in [-0.15, -0.1) is 0 Å². The Hall–Kier alpha value is 0.0500. The minimum Gasteiger partial charge on any atom is -0.310 e. The lowest BCUT2D eigenvalue weighted by Crippen LogP contribution is -2.33. The van der Waals surface area contributed by atoms with Crippen LogP contribution in [0.15, 0.2) is 12.2 Å². The highest BCUT2D eigenvalue weighted by atomic mass is 32.2. The predicted molar refractivity (Wildman–Crippen MR) is 71.6 cm³/mol. The maximum absolute atomic E-state index is 4.11. The number of hydrogen-bond acceptors (Lipinski definition) is 2. The van der Waals surface area contributed by atoms with Gasteiger partial charge in [-0.3, -0.25) is 0 Å². The molecule has 1 heterocycles. The van der Waals surface area contributed by atoms with Crippen LogP contribution in [-0.2, 0) is 0 Å². The second-order valence-corrected chi connectivity index (χ2v) is 5.87. The van der Waals surface area contributed by atoms with Crippen LogP contribution in [-0.4, -0.2) is 24.1 Å². The van der Waals surface area contributed by atoms with Gasteiger partial charge >= 0.3 is 0 Å². The van der Waals surface area contributed by atoms with Crippen molar-refractivity contribution in [3.63, 3.8) is 0 Å².